The van der Waals surface area contributed by atoms with Gasteiger partial charge in [0.25, 0.3) is 0 Å². The first-order valence-electron chi connectivity index (χ1n) is 7.11. The molecule has 0 bridgehead atoms. The fourth-order valence-corrected chi connectivity index (χ4v) is 2.35. The summed E-state index contributed by atoms with van der Waals surface area (Å²) in [5.41, 5.74) is 0. The van der Waals surface area contributed by atoms with Gasteiger partial charge in [-0.15, -0.1) is 0 Å². The minimum atomic E-state index is 0.920. The highest BCUT2D eigenvalue weighted by molar-refractivity contribution is 4.65. The first-order chi connectivity index (χ1) is 7.11. The van der Waals surface area contributed by atoms with E-state index in [0.29, 0.717) is 0 Å². The molecule has 0 aromatic rings. The van der Waals surface area contributed by atoms with Gasteiger partial charge in [0.2, 0.25) is 0 Å². The largest absolute Gasteiger partial charge is 0.0654 e. The standard InChI is InChI=1S/C15H32/c1-6-8-10-13(3)12-15(5)14(4)11-9-7-2/h13-15H,6-12H2,1-5H3. The second-order valence-electron chi connectivity index (χ2n) is 5.58. The molecule has 0 spiro atoms. The molecule has 0 amide bonds. The lowest BCUT2D eigenvalue weighted by Gasteiger charge is -2.23. The van der Waals surface area contributed by atoms with Crippen LogP contribution >= 0.6 is 0 Å². The van der Waals surface area contributed by atoms with Gasteiger partial charge in [0.15, 0.2) is 0 Å². The number of hydrogen-bond donors (Lipinski definition) is 0. The molecule has 0 aromatic carbocycles. The van der Waals surface area contributed by atoms with Gasteiger partial charge in [0.05, 0.1) is 0 Å². The summed E-state index contributed by atoms with van der Waals surface area (Å²) < 4.78 is 0. The Morgan fingerprint density at radius 1 is 0.733 bits per heavy atom. The molecule has 92 valence electrons. The van der Waals surface area contributed by atoms with Gasteiger partial charge in [-0.25, -0.2) is 0 Å². The third-order valence-corrected chi connectivity index (χ3v) is 3.81. The van der Waals surface area contributed by atoms with E-state index < -0.39 is 0 Å². The van der Waals surface area contributed by atoms with Crippen LogP contribution in [0.25, 0.3) is 0 Å². The predicted molar refractivity (Wildman–Crippen MR) is 71.2 cm³/mol. The molecule has 0 saturated heterocycles. The molecule has 0 saturated carbocycles. The van der Waals surface area contributed by atoms with Crippen LogP contribution in [0, 0.1) is 17.8 Å². The van der Waals surface area contributed by atoms with E-state index in [-0.39, 0.29) is 0 Å². The van der Waals surface area contributed by atoms with Crippen molar-refractivity contribution < 1.29 is 0 Å². The molecule has 0 N–H and O–H groups in total. The zero-order chi connectivity index (χ0) is 11.7. The maximum atomic E-state index is 2.45. The Morgan fingerprint density at radius 3 is 1.80 bits per heavy atom. The average Bonchev–Trinajstić information content (AvgIpc) is 2.22. The van der Waals surface area contributed by atoms with E-state index in [2.05, 4.69) is 34.6 Å². The fourth-order valence-electron chi connectivity index (χ4n) is 2.35. The summed E-state index contributed by atoms with van der Waals surface area (Å²) in [4.78, 5) is 0. The van der Waals surface area contributed by atoms with Crippen LogP contribution in [0.4, 0.5) is 0 Å². The third kappa shape index (κ3) is 7.88. The fraction of sp³-hybridized carbons (Fsp3) is 1.00. The highest BCUT2D eigenvalue weighted by Crippen LogP contribution is 2.26. The lowest BCUT2D eigenvalue weighted by molar-refractivity contribution is 0.285. The Balaban J connectivity index is 3.64. The average molecular weight is 212 g/mol. The molecule has 0 heterocycles. The zero-order valence-electron chi connectivity index (χ0n) is 11.7. The molecule has 0 nitrogen and oxygen atoms in total. The molecular formula is C15H32. The summed E-state index contributed by atoms with van der Waals surface area (Å²) in [6.07, 6.45) is 9.82. The van der Waals surface area contributed by atoms with Gasteiger partial charge in [0, 0.05) is 0 Å². The Bertz CT molecular complexity index is 128. The van der Waals surface area contributed by atoms with Crippen LogP contribution in [0.2, 0.25) is 0 Å². The molecule has 3 unspecified atom stereocenters. The second-order valence-corrected chi connectivity index (χ2v) is 5.58. The molecule has 0 aromatic heterocycles. The van der Waals surface area contributed by atoms with E-state index in [4.69, 9.17) is 0 Å². The molecule has 0 fully saturated rings. The van der Waals surface area contributed by atoms with Crippen molar-refractivity contribution in [2.75, 3.05) is 0 Å². The van der Waals surface area contributed by atoms with Gasteiger partial charge in [-0.3, -0.25) is 0 Å². The number of hydrogen-bond acceptors (Lipinski definition) is 0. The van der Waals surface area contributed by atoms with Crippen LogP contribution in [0.5, 0.6) is 0 Å². The summed E-state index contributed by atoms with van der Waals surface area (Å²) in [6, 6.07) is 0. The van der Waals surface area contributed by atoms with Gasteiger partial charge in [-0.1, -0.05) is 73.1 Å². The van der Waals surface area contributed by atoms with Crippen LogP contribution in [-0.2, 0) is 0 Å². The Morgan fingerprint density at radius 2 is 1.27 bits per heavy atom. The van der Waals surface area contributed by atoms with Crippen molar-refractivity contribution in [3.05, 3.63) is 0 Å². The van der Waals surface area contributed by atoms with Crippen LogP contribution in [-0.4, -0.2) is 0 Å². The first kappa shape index (κ1) is 15.0. The van der Waals surface area contributed by atoms with Crippen LogP contribution in [0.15, 0.2) is 0 Å². The normalized spacial score (nSPS) is 17.4. The Labute approximate surface area is 97.8 Å². The lowest BCUT2D eigenvalue weighted by Crippen LogP contribution is -2.12. The minimum Gasteiger partial charge on any atom is -0.0654 e. The van der Waals surface area contributed by atoms with Gasteiger partial charge in [-0.05, 0) is 24.2 Å². The van der Waals surface area contributed by atoms with E-state index in [1.165, 1.54) is 44.9 Å². The molecule has 0 heteroatoms. The molecule has 0 aliphatic rings. The van der Waals surface area contributed by atoms with Crippen molar-refractivity contribution in [1.29, 1.82) is 0 Å². The quantitative estimate of drug-likeness (QED) is 0.462. The zero-order valence-corrected chi connectivity index (χ0v) is 11.7. The second kappa shape index (κ2) is 9.24. The Kier molecular flexibility index (Phi) is 9.24. The SMILES string of the molecule is CCCCC(C)CC(C)C(C)CCCC. The minimum absolute atomic E-state index is 0.920. The van der Waals surface area contributed by atoms with Crippen molar-refractivity contribution in [3.63, 3.8) is 0 Å². The molecule has 0 rings (SSSR count). The highest BCUT2D eigenvalue weighted by Gasteiger charge is 2.14. The van der Waals surface area contributed by atoms with Crippen LogP contribution < -0.4 is 0 Å². The summed E-state index contributed by atoms with van der Waals surface area (Å²) in [7, 11) is 0. The van der Waals surface area contributed by atoms with Gasteiger partial charge >= 0.3 is 0 Å². The van der Waals surface area contributed by atoms with Crippen molar-refractivity contribution >= 4 is 0 Å². The van der Waals surface area contributed by atoms with Gasteiger partial charge in [-0.2, -0.15) is 0 Å². The predicted octanol–water partition coefficient (Wildman–Crippen LogP) is 5.67. The Hall–Kier alpha value is 0. The summed E-state index contributed by atoms with van der Waals surface area (Å²) in [5, 5.41) is 0. The molecule has 15 heavy (non-hydrogen) atoms. The molecule has 0 aliphatic carbocycles. The number of rotatable bonds is 9. The highest BCUT2D eigenvalue weighted by atomic mass is 14.2. The van der Waals surface area contributed by atoms with E-state index >= 15 is 0 Å². The van der Waals surface area contributed by atoms with E-state index in [1.807, 2.05) is 0 Å². The van der Waals surface area contributed by atoms with Crippen molar-refractivity contribution in [2.24, 2.45) is 17.8 Å². The molecule has 0 radical (unpaired) electrons. The van der Waals surface area contributed by atoms with Crippen molar-refractivity contribution in [3.8, 4) is 0 Å². The topological polar surface area (TPSA) is 0 Å². The van der Waals surface area contributed by atoms with Crippen molar-refractivity contribution in [2.45, 2.75) is 79.6 Å². The van der Waals surface area contributed by atoms with E-state index in [1.54, 1.807) is 0 Å². The molecular weight excluding hydrogens is 180 g/mol. The summed E-state index contributed by atoms with van der Waals surface area (Å²) >= 11 is 0. The lowest BCUT2D eigenvalue weighted by atomic mass is 9.83. The number of unbranched alkanes of at least 4 members (excludes halogenated alkanes) is 2. The van der Waals surface area contributed by atoms with E-state index in [0.717, 1.165) is 17.8 Å². The monoisotopic (exact) mass is 212 g/mol. The maximum Gasteiger partial charge on any atom is -0.0414 e. The van der Waals surface area contributed by atoms with Gasteiger partial charge in [0.1, 0.15) is 0 Å². The summed E-state index contributed by atoms with van der Waals surface area (Å²) in [6.45, 7) is 11.9. The summed E-state index contributed by atoms with van der Waals surface area (Å²) in [5.74, 6) is 2.78. The molecule has 3 atom stereocenters. The van der Waals surface area contributed by atoms with Gasteiger partial charge < -0.3 is 0 Å². The van der Waals surface area contributed by atoms with Crippen LogP contribution in [0.1, 0.15) is 79.6 Å². The maximum absolute atomic E-state index is 2.45. The van der Waals surface area contributed by atoms with E-state index in [9.17, 15) is 0 Å². The van der Waals surface area contributed by atoms with Crippen molar-refractivity contribution in [1.82, 2.24) is 0 Å². The first-order valence-corrected chi connectivity index (χ1v) is 7.11. The van der Waals surface area contributed by atoms with Crippen LogP contribution in [0.3, 0.4) is 0 Å². The third-order valence-electron chi connectivity index (χ3n) is 3.81. The smallest absolute Gasteiger partial charge is 0.0414 e. The molecule has 0 aliphatic heterocycles.